The Morgan fingerprint density at radius 3 is 2.41 bits per heavy atom. The molecule has 6 nitrogen and oxygen atoms in total. The van der Waals surface area contributed by atoms with E-state index < -0.39 is 17.9 Å². The monoisotopic (exact) mass is 390 g/mol. The van der Waals surface area contributed by atoms with Crippen LogP contribution in [0.1, 0.15) is 29.3 Å². The molecule has 1 unspecified atom stereocenters. The Morgan fingerprint density at radius 1 is 1.07 bits per heavy atom. The highest BCUT2D eigenvalue weighted by molar-refractivity contribution is 5.96. The minimum absolute atomic E-state index is 0.143. The molecular formula is C23H22N2O4. The van der Waals surface area contributed by atoms with Crippen molar-refractivity contribution in [3.8, 4) is 11.1 Å². The van der Waals surface area contributed by atoms with Gasteiger partial charge in [0.2, 0.25) is 0 Å². The lowest BCUT2D eigenvalue weighted by molar-refractivity contribution is -0.135. The van der Waals surface area contributed by atoms with Gasteiger partial charge in [-0.05, 0) is 36.5 Å². The van der Waals surface area contributed by atoms with Gasteiger partial charge in [0.15, 0.2) is 0 Å². The van der Waals surface area contributed by atoms with Crippen LogP contribution in [0.3, 0.4) is 0 Å². The molecule has 3 N–H and O–H groups in total. The van der Waals surface area contributed by atoms with E-state index in [-0.39, 0.29) is 5.57 Å². The minimum atomic E-state index is -1.28. The summed E-state index contributed by atoms with van der Waals surface area (Å²) in [5, 5.41) is 18.9. The van der Waals surface area contributed by atoms with Crippen LogP contribution in [0.15, 0.2) is 72.6 Å². The fourth-order valence-corrected chi connectivity index (χ4v) is 3.43. The topological polar surface area (TPSA) is 103 Å². The lowest BCUT2D eigenvalue weighted by Crippen LogP contribution is -2.14. The smallest absolute Gasteiger partial charge is 0.332 e. The molecular weight excluding hydrogens is 368 g/mol. The number of hydrogen-bond donors (Lipinski definition) is 3. The van der Waals surface area contributed by atoms with Crippen LogP contribution in [-0.4, -0.2) is 32.1 Å². The van der Waals surface area contributed by atoms with Gasteiger partial charge in [0, 0.05) is 17.7 Å². The van der Waals surface area contributed by atoms with Gasteiger partial charge in [-0.2, -0.15) is 0 Å². The number of carboxylic acid groups (broad SMARTS) is 2. The summed E-state index contributed by atoms with van der Waals surface area (Å²) >= 11 is 0. The highest BCUT2D eigenvalue weighted by atomic mass is 16.4. The van der Waals surface area contributed by atoms with E-state index in [2.05, 4.69) is 9.97 Å². The first-order valence-electron chi connectivity index (χ1n) is 9.27. The SMILES string of the molecule is Cc1[nH]cnc1CCC(C(=CC(=O)O)C(=O)O)c1cccc(-c2ccccc2)c1. The van der Waals surface area contributed by atoms with Crippen molar-refractivity contribution in [2.75, 3.05) is 0 Å². The van der Waals surface area contributed by atoms with E-state index in [9.17, 15) is 19.8 Å². The molecule has 2 aromatic carbocycles. The number of aryl methyl sites for hydroxylation is 2. The van der Waals surface area contributed by atoms with E-state index in [0.29, 0.717) is 12.8 Å². The molecule has 0 spiro atoms. The largest absolute Gasteiger partial charge is 0.478 e. The minimum Gasteiger partial charge on any atom is -0.478 e. The molecule has 0 aliphatic rings. The maximum atomic E-state index is 11.9. The molecule has 0 aliphatic carbocycles. The summed E-state index contributed by atoms with van der Waals surface area (Å²) in [5.74, 6) is -3.09. The van der Waals surface area contributed by atoms with Crippen molar-refractivity contribution in [1.29, 1.82) is 0 Å². The molecule has 1 heterocycles. The van der Waals surface area contributed by atoms with Crippen molar-refractivity contribution in [2.24, 2.45) is 0 Å². The van der Waals surface area contributed by atoms with E-state index in [1.807, 2.05) is 61.5 Å². The molecule has 6 heteroatoms. The van der Waals surface area contributed by atoms with Crippen molar-refractivity contribution >= 4 is 11.9 Å². The highest BCUT2D eigenvalue weighted by Crippen LogP contribution is 2.32. The van der Waals surface area contributed by atoms with Crippen LogP contribution in [0.5, 0.6) is 0 Å². The molecule has 29 heavy (non-hydrogen) atoms. The van der Waals surface area contributed by atoms with Crippen molar-refractivity contribution in [1.82, 2.24) is 9.97 Å². The number of aromatic nitrogens is 2. The van der Waals surface area contributed by atoms with E-state index in [1.54, 1.807) is 6.33 Å². The Hall–Kier alpha value is -3.67. The van der Waals surface area contributed by atoms with Crippen molar-refractivity contribution in [3.05, 3.63) is 89.5 Å². The molecule has 1 atom stereocenters. The molecule has 0 fully saturated rings. The number of hydrogen-bond acceptors (Lipinski definition) is 3. The number of H-pyrrole nitrogens is 1. The first-order chi connectivity index (χ1) is 14.0. The van der Waals surface area contributed by atoms with Crippen LogP contribution in [0.25, 0.3) is 11.1 Å². The van der Waals surface area contributed by atoms with E-state index >= 15 is 0 Å². The molecule has 1 aromatic heterocycles. The summed E-state index contributed by atoms with van der Waals surface area (Å²) in [7, 11) is 0. The van der Waals surface area contributed by atoms with Crippen LogP contribution in [-0.2, 0) is 16.0 Å². The molecule has 3 rings (SSSR count). The van der Waals surface area contributed by atoms with Gasteiger partial charge in [0.25, 0.3) is 0 Å². The van der Waals surface area contributed by atoms with Crippen LogP contribution in [0.2, 0.25) is 0 Å². The number of rotatable bonds is 8. The van der Waals surface area contributed by atoms with Crippen LogP contribution in [0.4, 0.5) is 0 Å². The van der Waals surface area contributed by atoms with Crippen molar-refractivity contribution < 1.29 is 19.8 Å². The Kier molecular flexibility index (Phi) is 6.24. The van der Waals surface area contributed by atoms with Gasteiger partial charge in [0.05, 0.1) is 17.6 Å². The van der Waals surface area contributed by atoms with Gasteiger partial charge in [-0.1, -0.05) is 54.6 Å². The summed E-state index contributed by atoms with van der Waals surface area (Å²) in [6.07, 6.45) is 3.34. The number of imidazole rings is 1. The zero-order chi connectivity index (χ0) is 20.8. The standard InChI is InChI=1S/C23H22N2O4/c1-15-21(25-14-24-15)11-10-19(20(23(28)29)13-22(26)27)18-9-5-8-17(12-18)16-6-3-2-4-7-16/h2-9,12-14,19H,10-11H2,1H3,(H,24,25)(H,26,27)(H,28,29). The van der Waals surface area contributed by atoms with Crippen LogP contribution < -0.4 is 0 Å². The molecule has 0 saturated carbocycles. The van der Waals surface area contributed by atoms with Crippen molar-refractivity contribution in [3.63, 3.8) is 0 Å². The van der Waals surface area contributed by atoms with Gasteiger partial charge in [-0.3, -0.25) is 0 Å². The number of benzene rings is 2. The number of nitrogens with one attached hydrogen (secondary N) is 1. The van der Waals surface area contributed by atoms with Gasteiger partial charge in [-0.25, -0.2) is 14.6 Å². The van der Waals surface area contributed by atoms with E-state index in [0.717, 1.165) is 34.2 Å². The zero-order valence-corrected chi connectivity index (χ0v) is 16.0. The van der Waals surface area contributed by atoms with Gasteiger partial charge in [-0.15, -0.1) is 0 Å². The first-order valence-corrected chi connectivity index (χ1v) is 9.27. The third-order valence-corrected chi connectivity index (χ3v) is 4.90. The molecule has 0 bridgehead atoms. The lowest BCUT2D eigenvalue weighted by atomic mass is 9.85. The first kappa shape index (κ1) is 20.1. The van der Waals surface area contributed by atoms with Crippen LogP contribution in [0, 0.1) is 6.92 Å². The third kappa shape index (κ3) is 4.99. The number of carbonyl (C=O) groups is 2. The number of carboxylic acids is 2. The second-order valence-electron chi connectivity index (χ2n) is 6.80. The number of nitrogens with zero attached hydrogens (tertiary/aromatic N) is 1. The maximum Gasteiger partial charge on any atom is 0.332 e. The predicted molar refractivity (Wildman–Crippen MR) is 110 cm³/mol. The average molecular weight is 390 g/mol. The van der Waals surface area contributed by atoms with Gasteiger partial charge >= 0.3 is 11.9 Å². The molecule has 0 saturated heterocycles. The molecule has 0 amide bonds. The molecule has 0 radical (unpaired) electrons. The van der Waals surface area contributed by atoms with Crippen molar-refractivity contribution in [2.45, 2.75) is 25.7 Å². The summed E-state index contributed by atoms with van der Waals surface area (Å²) in [6.45, 7) is 1.90. The molecule has 0 aliphatic heterocycles. The highest BCUT2D eigenvalue weighted by Gasteiger charge is 2.24. The molecule has 3 aromatic rings. The Balaban J connectivity index is 2.01. The number of aromatic amines is 1. The quantitative estimate of drug-likeness (QED) is 0.500. The Morgan fingerprint density at radius 2 is 1.79 bits per heavy atom. The van der Waals surface area contributed by atoms with Gasteiger partial charge in [0.1, 0.15) is 0 Å². The summed E-state index contributed by atoms with van der Waals surface area (Å²) < 4.78 is 0. The Labute approximate surface area is 168 Å². The average Bonchev–Trinajstić information content (AvgIpc) is 3.12. The fourth-order valence-electron chi connectivity index (χ4n) is 3.43. The summed E-state index contributed by atoms with van der Waals surface area (Å²) in [4.78, 5) is 30.4. The molecule has 148 valence electrons. The lowest BCUT2D eigenvalue weighted by Gasteiger charge is -2.19. The number of aliphatic carboxylic acids is 2. The van der Waals surface area contributed by atoms with E-state index in [4.69, 9.17) is 0 Å². The fraction of sp³-hybridized carbons (Fsp3) is 0.174. The maximum absolute atomic E-state index is 11.9. The second-order valence-corrected chi connectivity index (χ2v) is 6.80. The van der Waals surface area contributed by atoms with Gasteiger partial charge < -0.3 is 15.2 Å². The predicted octanol–water partition coefficient (Wildman–Crippen LogP) is 4.20. The second kappa shape index (κ2) is 9.01. The van der Waals surface area contributed by atoms with E-state index in [1.165, 1.54) is 0 Å². The third-order valence-electron chi connectivity index (χ3n) is 4.90. The Bertz CT molecular complexity index is 1040. The summed E-state index contributed by atoms with van der Waals surface area (Å²) in [6, 6.07) is 17.3. The normalized spacial score (nSPS) is 12.5. The summed E-state index contributed by atoms with van der Waals surface area (Å²) in [5.41, 5.74) is 4.33. The van der Waals surface area contributed by atoms with Crippen LogP contribution >= 0.6 is 0 Å². The zero-order valence-electron chi connectivity index (χ0n) is 16.0.